The van der Waals surface area contributed by atoms with Crippen LogP contribution in [0.1, 0.15) is 36.4 Å². The van der Waals surface area contributed by atoms with Gasteiger partial charge in [-0.05, 0) is 45.0 Å². The van der Waals surface area contributed by atoms with Gasteiger partial charge < -0.3 is 15.2 Å². The van der Waals surface area contributed by atoms with Crippen LogP contribution in [0, 0.1) is 6.92 Å². The van der Waals surface area contributed by atoms with Crippen molar-refractivity contribution in [3.63, 3.8) is 0 Å². The molecule has 2 aliphatic heterocycles. The van der Waals surface area contributed by atoms with Crippen LogP contribution < -0.4 is 15.2 Å². The predicted octanol–water partition coefficient (Wildman–Crippen LogP) is 2.25. The van der Waals surface area contributed by atoms with Crippen LogP contribution >= 0.6 is 0 Å². The van der Waals surface area contributed by atoms with Crippen LogP contribution in [-0.2, 0) is 0 Å². The number of nitrogens with two attached hydrogens (primary N) is 1. The predicted molar refractivity (Wildman–Crippen MR) is 79.4 cm³/mol. The molecule has 0 amide bonds. The summed E-state index contributed by atoms with van der Waals surface area (Å²) in [6, 6.07) is 4.49. The molecule has 4 nitrogen and oxygen atoms in total. The monoisotopic (exact) mass is 276 g/mol. The number of ether oxygens (including phenoxy) is 2. The molecule has 0 aliphatic carbocycles. The van der Waals surface area contributed by atoms with E-state index in [1.807, 2.05) is 6.07 Å². The van der Waals surface area contributed by atoms with Crippen LogP contribution in [0.15, 0.2) is 12.1 Å². The third kappa shape index (κ3) is 2.27. The molecule has 2 N–H and O–H groups in total. The first-order valence-corrected chi connectivity index (χ1v) is 7.52. The minimum atomic E-state index is 0.0494. The molecule has 0 spiro atoms. The minimum Gasteiger partial charge on any atom is -0.496 e. The van der Waals surface area contributed by atoms with Gasteiger partial charge in [-0.25, -0.2) is 0 Å². The summed E-state index contributed by atoms with van der Waals surface area (Å²) in [7, 11) is 1.70. The summed E-state index contributed by atoms with van der Waals surface area (Å²) in [5.41, 5.74) is 8.66. The number of piperidine rings is 1. The Morgan fingerprint density at radius 1 is 1.25 bits per heavy atom. The van der Waals surface area contributed by atoms with Crippen molar-refractivity contribution in [3.05, 3.63) is 23.3 Å². The van der Waals surface area contributed by atoms with Crippen molar-refractivity contribution >= 4 is 0 Å². The van der Waals surface area contributed by atoms with Crippen molar-refractivity contribution < 1.29 is 9.47 Å². The smallest absolute Gasteiger partial charge is 0.130 e. The Hall–Kier alpha value is -1.26. The summed E-state index contributed by atoms with van der Waals surface area (Å²) in [5.74, 6) is 1.86. The van der Waals surface area contributed by atoms with E-state index in [0.29, 0.717) is 6.61 Å². The molecule has 4 heteroatoms. The second-order valence-electron chi connectivity index (χ2n) is 5.83. The molecule has 2 atom stereocenters. The third-order valence-corrected chi connectivity index (χ3v) is 4.53. The van der Waals surface area contributed by atoms with E-state index in [-0.39, 0.29) is 12.1 Å². The molecule has 1 fully saturated rings. The van der Waals surface area contributed by atoms with Gasteiger partial charge in [0.1, 0.15) is 18.1 Å². The molecular weight excluding hydrogens is 252 g/mol. The van der Waals surface area contributed by atoms with Gasteiger partial charge in [0, 0.05) is 11.1 Å². The first kappa shape index (κ1) is 13.7. The first-order chi connectivity index (χ1) is 9.72. The zero-order valence-electron chi connectivity index (χ0n) is 12.4. The normalized spacial score (nSPS) is 26.8. The Morgan fingerprint density at radius 3 is 2.70 bits per heavy atom. The Bertz CT molecular complexity index is 484. The van der Waals surface area contributed by atoms with Gasteiger partial charge in [-0.2, -0.15) is 0 Å². The molecule has 1 aromatic rings. The van der Waals surface area contributed by atoms with Crippen molar-refractivity contribution in [2.24, 2.45) is 5.73 Å². The maximum Gasteiger partial charge on any atom is 0.130 e. The van der Waals surface area contributed by atoms with Crippen molar-refractivity contribution in [2.45, 2.75) is 38.3 Å². The quantitative estimate of drug-likeness (QED) is 0.900. The summed E-state index contributed by atoms with van der Waals surface area (Å²) in [6.07, 6.45) is 3.88. The van der Waals surface area contributed by atoms with Crippen molar-refractivity contribution in [1.29, 1.82) is 0 Å². The van der Waals surface area contributed by atoms with Crippen LogP contribution in [0.25, 0.3) is 0 Å². The number of fused-ring (bicyclic) bond motifs is 1. The van der Waals surface area contributed by atoms with E-state index >= 15 is 0 Å². The molecule has 20 heavy (non-hydrogen) atoms. The molecule has 110 valence electrons. The third-order valence-electron chi connectivity index (χ3n) is 4.53. The lowest BCUT2D eigenvalue weighted by Gasteiger charge is -2.41. The number of likely N-dealkylation sites (tertiary alicyclic amines) is 1. The average molecular weight is 276 g/mol. The number of hydrogen-bond acceptors (Lipinski definition) is 4. The molecule has 3 rings (SSSR count). The Balaban J connectivity index is 1.98. The van der Waals surface area contributed by atoms with Crippen LogP contribution in [-0.4, -0.2) is 37.7 Å². The highest BCUT2D eigenvalue weighted by atomic mass is 16.5. The van der Waals surface area contributed by atoms with Gasteiger partial charge in [0.15, 0.2) is 0 Å². The summed E-state index contributed by atoms with van der Waals surface area (Å²) >= 11 is 0. The molecule has 0 saturated carbocycles. The lowest BCUT2D eigenvalue weighted by Crippen LogP contribution is -2.48. The number of hydrogen-bond donors (Lipinski definition) is 1. The lowest BCUT2D eigenvalue weighted by atomic mass is 9.91. The SMILES string of the molecule is COc1ccc2c(c1C)OCC(N)C2N1CCCCC1. The summed E-state index contributed by atoms with van der Waals surface area (Å²) < 4.78 is 11.3. The van der Waals surface area contributed by atoms with Gasteiger partial charge in [-0.1, -0.05) is 6.42 Å². The number of nitrogens with zero attached hydrogens (tertiary/aromatic N) is 1. The standard InChI is InChI=1S/C16H24N2O2/c1-11-14(19-2)7-6-12-15(13(17)10-20-16(11)12)18-8-4-3-5-9-18/h6-7,13,15H,3-5,8-10,17H2,1-2H3. The zero-order valence-corrected chi connectivity index (χ0v) is 12.4. The number of benzene rings is 1. The second kappa shape index (κ2) is 5.62. The highest BCUT2D eigenvalue weighted by Crippen LogP contribution is 2.41. The van der Waals surface area contributed by atoms with Gasteiger partial charge in [0.2, 0.25) is 0 Å². The van der Waals surface area contributed by atoms with E-state index in [2.05, 4.69) is 17.9 Å². The Morgan fingerprint density at radius 2 is 2.00 bits per heavy atom. The van der Waals surface area contributed by atoms with E-state index in [4.69, 9.17) is 15.2 Å². The molecule has 0 radical (unpaired) electrons. The summed E-state index contributed by atoms with van der Waals surface area (Å²) in [5, 5.41) is 0. The van der Waals surface area contributed by atoms with E-state index in [1.165, 1.54) is 24.8 Å². The Kier molecular flexibility index (Phi) is 3.85. The van der Waals surface area contributed by atoms with Crippen molar-refractivity contribution in [3.8, 4) is 11.5 Å². The average Bonchev–Trinajstić information content (AvgIpc) is 2.48. The maximum absolute atomic E-state index is 6.35. The summed E-state index contributed by atoms with van der Waals surface area (Å²) in [4.78, 5) is 2.53. The van der Waals surface area contributed by atoms with Gasteiger partial charge in [0.25, 0.3) is 0 Å². The largest absolute Gasteiger partial charge is 0.496 e. The lowest BCUT2D eigenvalue weighted by molar-refractivity contribution is 0.1000. The second-order valence-corrected chi connectivity index (χ2v) is 5.83. The fourth-order valence-corrected chi connectivity index (χ4v) is 3.51. The van der Waals surface area contributed by atoms with Crippen molar-refractivity contribution in [2.75, 3.05) is 26.8 Å². The zero-order chi connectivity index (χ0) is 14.1. The highest BCUT2D eigenvalue weighted by molar-refractivity contribution is 5.52. The van der Waals surface area contributed by atoms with Gasteiger partial charge in [-0.3, -0.25) is 4.90 Å². The number of rotatable bonds is 2. The Labute approximate surface area is 120 Å². The van der Waals surface area contributed by atoms with Gasteiger partial charge in [-0.15, -0.1) is 0 Å². The van der Waals surface area contributed by atoms with Gasteiger partial charge >= 0.3 is 0 Å². The maximum atomic E-state index is 6.35. The minimum absolute atomic E-state index is 0.0494. The molecule has 2 aliphatic rings. The molecule has 2 unspecified atom stereocenters. The fourth-order valence-electron chi connectivity index (χ4n) is 3.51. The molecule has 1 aromatic carbocycles. The molecule has 0 bridgehead atoms. The van der Waals surface area contributed by atoms with Crippen LogP contribution in [0.2, 0.25) is 0 Å². The van der Waals surface area contributed by atoms with Crippen LogP contribution in [0.5, 0.6) is 11.5 Å². The van der Waals surface area contributed by atoms with E-state index in [9.17, 15) is 0 Å². The summed E-state index contributed by atoms with van der Waals surface area (Å²) in [6.45, 7) is 4.93. The van der Waals surface area contributed by atoms with Crippen LogP contribution in [0.4, 0.5) is 0 Å². The van der Waals surface area contributed by atoms with Crippen LogP contribution in [0.3, 0.4) is 0 Å². The van der Waals surface area contributed by atoms with Gasteiger partial charge in [0.05, 0.1) is 19.2 Å². The molecule has 0 aromatic heterocycles. The fraction of sp³-hybridized carbons (Fsp3) is 0.625. The number of methoxy groups -OCH3 is 1. The molecule has 2 heterocycles. The topological polar surface area (TPSA) is 47.7 Å². The van der Waals surface area contributed by atoms with Crippen molar-refractivity contribution in [1.82, 2.24) is 4.90 Å². The van der Waals surface area contributed by atoms with E-state index in [0.717, 1.165) is 30.2 Å². The van der Waals surface area contributed by atoms with E-state index in [1.54, 1.807) is 7.11 Å². The highest BCUT2D eigenvalue weighted by Gasteiger charge is 2.34. The molecular formula is C16H24N2O2. The molecule has 1 saturated heterocycles. The van der Waals surface area contributed by atoms with E-state index < -0.39 is 0 Å². The first-order valence-electron chi connectivity index (χ1n) is 7.52.